The minimum Gasteiger partial charge on any atom is -0.379 e. The molecule has 0 aromatic heterocycles. The Morgan fingerprint density at radius 3 is 2.50 bits per heavy atom. The summed E-state index contributed by atoms with van der Waals surface area (Å²) in [5.74, 6) is 3.37. The van der Waals surface area contributed by atoms with E-state index in [1.165, 1.54) is 12.8 Å². The van der Waals surface area contributed by atoms with Gasteiger partial charge in [0.2, 0.25) is 0 Å². The molecule has 12 heavy (non-hydrogen) atoms. The van der Waals surface area contributed by atoms with Crippen molar-refractivity contribution >= 4 is 0 Å². The molecule has 2 heteroatoms. The van der Waals surface area contributed by atoms with Crippen molar-refractivity contribution in [2.45, 2.75) is 18.9 Å². The van der Waals surface area contributed by atoms with E-state index < -0.39 is 0 Å². The molecule has 0 spiro atoms. The SMILES string of the molecule is C#CC1CC(N2CCOCC2)C1. The van der Waals surface area contributed by atoms with Gasteiger partial charge in [-0.2, -0.15) is 0 Å². The Labute approximate surface area is 73.9 Å². The molecule has 0 aromatic rings. The van der Waals surface area contributed by atoms with Crippen molar-refractivity contribution in [1.29, 1.82) is 0 Å². The zero-order valence-electron chi connectivity index (χ0n) is 7.33. The van der Waals surface area contributed by atoms with Crippen LogP contribution >= 0.6 is 0 Å². The summed E-state index contributed by atoms with van der Waals surface area (Å²) in [5, 5.41) is 0. The van der Waals surface area contributed by atoms with E-state index in [1.54, 1.807) is 0 Å². The van der Waals surface area contributed by atoms with E-state index in [1.807, 2.05) is 0 Å². The second-order valence-electron chi connectivity index (χ2n) is 3.64. The molecular formula is C10H15NO. The van der Waals surface area contributed by atoms with E-state index >= 15 is 0 Å². The lowest BCUT2D eigenvalue weighted by atomic mass is 9.80. The molecule has 1 aliphatic heterocycles. The molecule has 0 unspecified atom stereocenters. The summed E-state index contributed by atoms with van der Waals surface area (Å²) < 4.78 is 5.29. The van der Waals surface area contributed by atoms with Crippen molar-refractivity contribution in [3.05, 3.63) is 0 Å². The van der Waals surface area contributed by atoms with E-state index in [0.29, 0.717) is 5.92 Å². The van der Waals surface area contributed by atoms with E-state index in [0.717, 1.165) is 32.3 Å². The third-order valence-corrected chi connectivity index (χ3v) is 2.91. The zero-order valence-corrected chi connectivity index (χ0v) is 7.33. The van der Waals surface area contributed by atoms with Gasteiger partial charge in [0.25, 0.3) is 0 Å². The molecule has 0 N–H and O–H groups in total. The highest BCUT2D eigenvalue weighted by Gasteiger charge is 2.32. The van der Waals surface area contributed by atoms with Crippen molar-refractivity contribution in [1.82, 2.24) is 4.90 Å². The Balaban J connectivity index is 1.76. The predicted octanol–water partition coefficient (Wildman–Crippen LogP) is 0.730. The third-order valence-electron chi connectivity index (χ3n) is 2.91. The summed E-state index contributed by atoms with van der Waals surface area (Å²) in [6.07, 6.45) is 7.74. The van der Waals surface area contributed by atoms with Crippen molar-refractivity contribution in [3.8, 4) is 12.3 Å². The van der Waals surface area contributed by atoms with Crippen LogP contribution in [0.25, 0.3) is 0 Å². The van der Waals surface area contributed by atoms with Gasteiger partial charge in [0.1, 0.15) is 0 Å². The van der Waals surface area contributed by atoms with Gasteiger partial charge >= 0.3 is 0 Å². The lowest BCUT2D eigenvalue weighted by Gasteiger charge is -2.42. The summed E-state index contributed by atoms with van der Waals surface area (Å²) >= 11 is 0. The van der Waals surface area contributed by atoms with Crippen LogP contribution in [0.15, 0.2) is 0 Å². The largest absolute Gasteiger partial charge is 0.379 e. The Hall–Kier alpha value is -0.520. The van der Waals surface area contributed by atoms with Gasteiger partial charge in [-0.3, -0.25) is 4.90 Å². The number of ether oxygens (including phenoxy) is 1. The Kier molecular flexibility index (Phi) is 2.34. The maximum atomic E-state index is 5.33. The van der Waals surface area contributed by atoms with Crippen LogP contribution in [0.2, 0.25) is 0 Å². The van der Waals surface area contributed by atoms with Gasteiger partial charge < -0.3 is 4.74 Å². The molecule has 0 radical (unpaired) electrons. The molecule has 1 saturated heterocycles. The summed E-state index contributed by atoms with van der Waals surface area (Å²) in [6.45, 7) is 4.00. The van der Waals surface area contributed by atoms with Crippen molar-refractivity contribution < 1.29 is 4.74 Å². The molecule has 2 fully saturated rings. The summed E-state index contributed by atoms with van der Waals surface area (Å²) in [6, 6.07) is 0.759. The second-order valence-corrected chi connectivity index (χ2v) is 3.64. The summed E-state index contributed by atoms with van der Waals surface area (Å²) in [7, 11) is 0. The Morgan fingerprint density at radius 1 is 1.25 bits per heavy atom. The van der Waals surface area contributed by atoms with Gasteiger partial charge in [-0.05, 0) is 12.8 Å². The molecule has 1 aliphatic carbocycles. The van der Waals surface area contributed by atoms with Crippen molar-refractivity contribution in [2.75, 3.05) is 26.3 Å². The lowest BCUT2D eigenvalue weighted by molar-refractivity contribution is -0.00953. The van der Waals surface area contributed by atoms with Crippen molar-refractivity contribution in [2.24, 2.45) is 5.92 Å². The summed E-state index contributed by atoms with van der Waals surface area (Å²) in [4.78, 5) is 2.51. The Bertz CT molecular complexity index is 185. The smallest absolute Gasteiger partial charge is 0.0594 e. The van der Waals surface area contributed by atoms with E-state index in [2.05, 4.69) is 10.8 Å². The molecule has 1 saturated carbocycles. The van der Waals surface area contributed by atoms with Crippen LogP contribution in [0.5, 0.6) is 0 Å². The molecule has 2 rings (SSSR count). The average Bonchev–Trinajstić information content (AvgIpc) is 2.04. The Morgan fingerprint density at radius 2 is 1.92 bits per heavy atom. The monoisotopic (exact) mass is 165 g/mol. The topological polar surface area (TPSA) is 12.5 Å². The number of nitrogens with zero attached hydrogens (tertiary/aromatic N) is 1. The highest BCUT2D eigenvalue weighted by atomic mass is 16.5. The van der Waals surface area contributed by atoms with Crippen LogP contribution in [0.3, 0.4) is 0 Å². The minimum atomic E-state index is 0.554. The molecule has 0 bridgehead atoms. The van der Waals surface area contributed by atoms with Gasteiger partial charge in [-0.25, -0.2) is 0 Å². The average molecular weight is 165 g/mol. The molecule has 0 atom stereocenters. The highest BCUT2D eigenvalue weighted by Crippen LogP contribution is 2.31. The first-order valence-corrected chi connectivity index (χ1v) is 4.68. The first-order valence-electron chi connectivity index (χ1n) is 4.68. The molecular weight excluding hydrogens is 150 g/mol. The zero-order chi connectivity index (χ0) is 8.39. The van der Waals surface area contributed by atoms with Crippen molar-refractivity contribution in [3.63, 3.8) is 0 Å². The normalized spacial score (nSPS) is 36.9. The molecule has 66 valence electrons. The van der Waals surface area contributed by atoms with Crippen LogP contribution in [0.4, 0.5) is 0 Å². The maximum Gasteiger partial charge on any atom is 0.0594 e. The fourth-order valence-corrected chi connectivity index (χ4v) is 1.96. The second kappa shape index (κ2) is 3.47. The first-order chi connectivity index (χ1) is 5.90. The number of morpholine rings is 1. The van der Waals surface area contributed by atoms with E-state index in [4.69, 9.17) is 11.2 Å². The molecule has 0 amide bonds. The standard InChI is InChI=1S/C10H15NO/c1-2-9-7-10(8-9)11-3-5-12-6-4-11/h1,9-10H,3-8H2. The van der Waals surface area contributed by atoms with Crippen LogP contribution in [0, 0.1) is 18.3 Å². The quantitative estimate of drug-likeness (QED) is 0.531. The van der Waals surface area contributed by atoms with Gasteiger partial charge in [0, 0.05) is 25.0 Å². The molecule has 1 heterocycles. The number of rotatable bonds is 1. The fraction of sp³-hybridized carbons (Fsp3) is 0.800. The number of hydrogen-bond donors (Lipinski definition) is 0. The first kappa shape index (κ1) is 8.10. The third kappa shape index (κ3) is 1.48. The minimum absolute atomic E-state index is 0.554. The molecule has 2 nitrogen and oxygen atoms in total. The lowest BCUT2D eigenvalue weighted by Crippen LogP contribution is -2.49. The predicted molar refractivity (Wildman–Crippen MR) is 47.7 cm³/mol. The molecule has 2 aliphatic rings. The van der Waals surface area contributed by atoms with Gasteiger partial charge in [-0.15, -0.1) is 12.3 Å². The van der Waals surface area contributed by atoms with Gasteiger partial charge in [-0.1, -0.05) is 0 Å². The van der Waals surface area contributed by atoms with E-state index in [-0.39, 0.29) is 0 Å². The van der Waals surface area contributed by atoms with Gasteiger partial charge in [0.05, 0.1) is 13.2 Å². The van der Waals surface area contributed by atoms with Crippen LogP contribution < -0.4 is 0 Å². The highest BCUT2D eigenvalue weighted by molar-refractivity contribution is 5.03. The summed E-state index contributed by atoms with van der Waals surface area (Å²) in [5.41, 5.74) is 0. The molecule has 0 aromatic carbocycles. The number of hydrogen-bond acceptors (Lipinski definition) is 2. The fourth-order valence-electron chi connectivity index (χ4n) is 1.96. The van der Waals surface area contributed by atoms with Gasteiger partial charge in [0.15, 0.2) is 0 Å². The van der Waals surface area contributed by atoms with Crippen LogP contribution in [-0.2, 0) is 4.74 Å². The maximum absolute atomic E-state index is 5.33. The number of terminal acetylenes is 1. The van der Waals surface area contributed by atoms with E-state index in [9.17, 15) is 0 Å². The van der Waals surface area contributed by atoms with Crippen LogP contribution in [-0.4, -0.2) is 37.2 Å². The van der Waals surface area contributed by atoms with Crippen LogP contribution in [0.1, 0.15) is 12.8 Å².